The first-order valence-electron chi connectivity index (χ1n) is 5.48. The monoisotopic (exact) mass is 194 g/mol. The average Bonchev–Trinajstić information content (AvgIpc) is 2.80. The zero-order chi connectivity index (χ0) is 9.80. The summed E-state index contributed by atoms with van der Waals surface area (Å²) in [6.07, 6.45) is 7.44. The molecule has 1 aromatic rings. The first-order valence-corrected chi connectivity index (χ1v) is 5.48. The second-order valence-corrected chi connectivity index (χ2v) is 3.98. The van der Waals surface area contributed by atoms with Crippen LogP contribution < -0.4 is 0 Å². The molecule has 2 rings (SSSR count). The summed E-state index contributed by atoms with van der Waals surface area (Å²) in [6, 6.07) is 0. The molecule has 1 fully saturated rings. The van der Waals surface area contributed by atoms with Crippen LogP contribution in [-0.2, 0) is 17.7 Å². The van der Waals surface area contributed by atoms with Crippen molar-refractivity contribution in [2.45, 2.75) is 32.7 Å². The number of aryl methyl sites for hydroxylation is 1. The molecule has 1 atom stereocenters. The third kappa shape index (κ3) is 2.15. The molecule has 1 aliphatic heterocycles. The maximum atomic E-state index is 5.37. The molecule has 0 amide bonds. The summed E-state index contributed by atoms with van der Waals surface area (Å²) < 4.78 is 7.65. The summed E-state index contributed by atoms with van der Waals surface area (Å²) in [6.45, 7) is 5.12. The molecular weight excluding hydrogens is 176 g/mol. The van der Waals surface area contributed by atoms with Crippen molar-refractivity contribution in [1.82, 2.24) is 9.55 Å². The first kappa shape index (κ1) is 9.71. The van der Waals surface area contributed by atoms with Crippen LogP contribution in [0.4, 0.5) is 0 Å². The van der Waals surface area contributed by atoms with E-state index in [9.17, 15) is 0 Å². The van der Waals surface area contributed by atoms with Crippen LogP contribution in [0.2, 0.25) is 0 Å². The Kier molecular flexibility index (Phi) is 3.19. The normalized spacial score (nSPS) is 21.6. The lowest BCUT2D eigenvalue weighted by molar-refractivity contribution is 0.182. The molecule has 3 nitrogen and oxygen atoms in total. The molecule has 0 saturated carbocycles. The molecule has 0 spiro atoms. The summed E-state index contributed by atoms with van der Waals surface area (Å²) in [7, 11) is 0. The van der Waals surface area contributed by atoms with E-state index in [-0.39, 0.29) is 0 Å². The van der Waals surface area contributed by atoms with Crippen molar-refractivity contribution < 1.29 is 4.74 Å². The second kappa shape index (κ2) is 4.60. The van der Waals surface area contributed by atoms with Crippen LogP contribution in [0.15, 0.2) is 12.4 Å². The van der Waals surface area contributed by atoms with E-state index >= 15 is 0 Å². The van der Waals surface area contributed by atoms with Gasteiger partial charge in [0.15, 0.2) is 0 Å². The fraction of sp³-hybridized carbons (Fsp3) is 0.727. The summed E-state index contributed by atoms with van der Waals surface area (Å²) in [4.78, 5) is 4.37. The molecule has 0 bridgehead atoms. The van der Waals surface area contributed by atoms with Crippen LogP contribution in [0.25, 0.3) is 0 Å². The van der Waals surface area contributed by atoms with E-state index in [0.717, 1.165) is 32.6 Å². The Hall–Kier alpha value is -0.830. The molecule has 1 saturated heterocycles. The molecule has 0 N–H and O–H groups in total. The Bertz CT molecular complexity index is 277. The minimum absolute atomic E-state index is 0.694. The minimum atomic E-state index is 0.694. The van der Waals surface area contributed by atoms with Crippen molar-refractivity contribution >= 4 is 0 Å². The van der Waals surface area contributed by atoms with Gasteiger partial charge in [-0.25, -0.2) is 4.98 Å². The lowest BCUT2D eigenvalue weighted by Gasteiger charge is -2.11. The molecule has 78 valence electrons. The van der Waals surface area contributed by atoms with Crippen molar-refractivity contribution in [2.24, 2.45) is 5.92 Å². The lowest BCUT2D eigenvalue weighted by atomic mass is 10.1. The van der Waals surface area contributed by atoms with Gasteiger partial charge in [0.25, 0.3) is 0 Å². The van der Waals surface area contributed by atoms with E-state index in [1.165, 1.54) is 12.2 Å². The van der Waals surface area contributed by atoms with E-state index in [0.29, 0.717) is 5.92 Å². The molecule has 2 heterocycles. The van der Waals surface area contributed by atoms with E-state index in [2.05, 4.69) is 22.7 Å². The van der Waals surface area contributed by atoms with E-state index in [1.807, 2.05) is 6.20 Å². The molecule has 1 unspecified atom stereocenters. The number of aromatic nitrogens is 2. The number of hydrogen-bond acceptors (Lipinski definition) is 2. The van der Waals surface area contributed by atoms with Crippen LogP contribution >= 0.6 is 0 Å². The van der Waals surface area contributed by atoms with Crippen LogP contribution in [0.3, 0.4) is 0 Å². The summed E-state index contributed by atoms with van der Waals surface area (Å²) >= 11 is 0. The Morgan fingerprint density at radius 3 is 3.29 bits per heavy atom. The molecule has 0 radical (unpaired) electrons. The highest BCUT2D eigenvalue weighted by atomic mass is 16.5. The van der Waals surface area contributed by atoms with Gasteiger partial charge >= 0.3 is 0 Å². The number of imidazole rings is 1. The van der Waals surface area contributed by atoms with Crippen LogP contribution in [-0.4, -0.2) is 22.8 Å². The average molecular weight is 194 g/mol. The maximum Gasteiger partial charge on any atom is 0.108 e. The SMILES string of the molecule is CCCc1nccn1CC1CCOC1. The highest BCUT2D eigenvalue weighted by molar-refractivity contribution is 4.93. The fourth-order valence-electron chi connectivity index (χ4n) is 1.96. The molecule has 1 aromatic heterocycles. The molecular formula is C11H18N2O. The topological polar surface area (TPSA) is 27.1 Å². The van der Waals surface area contributed by atoms with Crippen LogP contribution in [0, 0.1) is 5.92 Å². The Labute approximate surface area is 85.1 Å². The lowest BCUT2D eigenvalue weighted by Crippen LogP contribution is -2.12. The van der Waals surface area contributed by atoms with Crippen LogP contribution in [0.5, 0.6) is 0 Å². The predicted octanol–water partition coefficient (Wildman–Crippen LogP) is 1.87. The van der Waals surface area contributed by atoms with E-state index < -0.39 is 0 Å². The molecule has 1 aliphatic rings. The Morgan fingerprint density at radius 2 is 2.57 bits per heavy atom. The minimum Gasteiger partial charge on any atom is -0.381 e. The van der Waals surface area contributed by atoms with E-state index in [4.69, 9.17) is 4.74 Å². The Morgan fingerprint density at radius 1 is 1.64 bits per heavy atom. The van der Waals surface area contributed by atoms with Gasteiger partial charge in [-0.05, 0) is 12.8 Å². The number of rotatable bonds is 4. The van der Waals surface area contributed by atoms with Gasteiger partial charge < -0.3 is 9.30 Å². The zero-order valence-electron chi connectivity index (χ0n) is 8.78. The van der Waals surface area contributed by atoms with Gasteiger partial charge in [0.1, 0.15) is 5.82 Å². The molecule has 3 heteroatoms. The van der Waals surface area contributed by atoms with Gasteiger partial charge in [-0.3, -0.25) is 0 Å². The number of hydrogen-bond donors (Lipinski definition) is 0. The Balaban J connectivity index is 1.96. The van der Waals surface area contributed by atoms with Gasteiger partial charge in [0, 0.05) is 37.9 Å². The maximum absolute atomic E-state index is 5.37. The third-order valence-corrected chi connectivity index (χ3v) is 2.75. The van der Waals surface area contributed by atoms with Gasteiger partial charge in [0.05, 0.1) is 6.61 Å². The summed E-state index contributed by atoms with van der Waals surface area (Å²) in [5.74, 6) is 1.92. The van der Waals surface area contributed by atoms with Crippen molar-refractivity contribution in [1.29, 1.82) is 0 Å². The van der Waals surface area contributed by atoms with Gasteiger partial charge in [-0.1, -0.05) is 6.92 Å². The standard InChI is InChI=1S/C11H18N2O/c1-2-3-11-12-5-6-13(11)8-10-4-7-14-9-10/h5-6,10H,2-4,7-9H2,1H3. The second-order valence-electron chi connectivity index (χ2n) is 3.98. The quantitative estimate of drug-likeness (QED) is 0.731. The fourth-order valence-corrected chi connectivity index (χ4v) is 1.96. The molecule has 0 aromatic carbocycles. The third-order valence-electron chi connectivity index (χ3n) is 2.75. The van der Waals surface area contributed by atoms with Gasteiger partial charge in [-0.15, -0.1) is 0 Å². The zero-order valence-corrected chi connectivity index (χ0v) is 8.78. The number of nitrogens with zero attached hydrogens (tertiary/aromatic N) is 2. The highest BCUT2D eigenvalue weighted by Crippen LogP contribution is 2.15. The highest BCUT2D eigenvalue weighted by Gasteiger charge is 2.16. The molecule has 0 aliphatic carbocycles. The molecule has 14 heavy (non-hydrogen) atoms. The smallest absolute Gasteiger partial charge is 0.108 e. The van der Waals surface area contributed by atoms with Crippen molar-refractivity contribution in [2.75, 3.05) is 13.2 Å². The van der Waals surface area contributed by atoms with E-state index in [1.54, 1.807) is 0 Å². The first-order chi connectivity index (χ1) is 6.90. The van der Waals surface area contributed by atoms with Crippen molar-refractivity contribution in [3.8, 4) is 0 Å². The van der Waals surface area contributed by atoms with Crippen molar-refractivity contribution in [3.05, 3.63) is 18.2 Å². The summed E-state index contributed by atoms with van der Waals surface area (Å²) in [5.41, 5.74) is 0. The van der Waals surface area contributed by atoms with Crippen LogP contribution in [0.1, 0.15) is 25.6 Å². The summed E-state index contributed by atoms with van der Waals surface area (Å²) in [5, 5.41) is 0. The largest absolute Gasteiger partial charge is 0.381 e. The van der Waals surface area contributed by atoms with Gasteiger partial charge in [-0.2, -0.15) is 0 Å². The number of ether oxygens (including phenoxy) is 1. The van der Waals surface area contributed by atoms with Gasteiger partial charge in [0.2, 0.25) is 0 Å². The van der Waals surface area contributed by atoms with Crippen molar-refractivity contribution in [3.63, 3.8) is 0 Å². The predicted molar refractivity (Wildman–Crippen MR) is 55.1 cm³/mol.